The lowest BCUT2D eigenvalue weighted by Crippen LogP contribution is -1.83. The first-order valence-corrected chi connectivity index (χ1v) is 7.00. The summed E-state index contributed by atoms with van der Waals surface area (Å²) in [4.78, 5) is 0. The van der Waals surface area contributed by atoms with E-state index in [0.717, 1.165) is 25.0 Å². The maximum atomic E-state index is 12.0. The monoisotopic (exact) mass is 304 g/mol. The number of halogens is 3. The van der Waals surface area contributed by atoms with Gasteiger partial charge in [0.15, 0.2) is 11.6 Å². The Morgan fingerprint density at radius 2 is 1.64 bits per heavy atom. The molecule has 2 rings (SSSR count). The molecule has 0 aliphatic carbocycles. The zero-order chi connectivity index (χ0) is 16.4. The average Bonchev–Trinajstić information content (AvgIpc) is 2.53. The number of aryl methyl sites for hydroxylation is 1. The molecule has 0 nitrogen and oxygen atoms in total. The van der Waals surface area contributed by atoms with Gasteiger partial charge in [-0.25, -0.2) is 13.2 Å². The van der Waals surface area contributed by atoms with Crippen molar-refractivity contribution in [3.63, 3.8) is 0 Å². The molecule has 0 radical (unpaired) electrons. The molecule has 0 saturated carbocycles. The summed E-state index contributed by atoms with van der Waals surface area (Å²) in [6.07, 6.45) is 8.42. The Morgan fingerprint density at radius 1 is 0.955 bits per heavy atom. The van der Waals surface area contributed by atoms with Crippen LogP contribution < -0.4 is 0 Å². The van der Waals surface area contributed by atoms with Crippen molar-refractivity contribution in [2.24, 2.45) is 0 Å². The van der Waals surface area contributed by atoms with Crippen LogP contribution in [0.15, 0.2) is 61.2 Å². The predicted octanol–water partition coefficient (Wildman–Crippen LogP) is 5.94. The van der Waals surface area contributed by atoms with Crippen LogP contribution >= 0.6 is 0 Å². The summed E-state index contributed by atoms with van der Waals surface area (Å²) in [7, 11) is 0. The van der Waals surface area contributed by atoms with Crippen molar-refractivity contribution in [2.75, 3.05) is 0 Å². The van der Waals surface area contributed by atoms with Gasteiger partial charge in [-0.15, -0.1) is 0 Å². The maximum Gasteiger partial charge on any atom is 0.161 e. The lowest BCUT2D eigenvalue weighted by Gasteiger charge is -1.98. The SMILES string of the molecule is C=Cc1ccc(CC/C=C/C)cc1.Fc1ccc(F)c(F)c1. The first-order chi connectivity index (χ1) is 10.6. The molecular formula is C19H19F3. The molecule has 0 aliphatic rings. The minimum Gasteiger partial charge on any atom is -0.207 e. The van der Waals surface area contributed by atoms with Crippen LogP contribution in [-0.4, -0.2) is 0 Å². The van der Waals surface area contributed by atoms with E-state index in [1.807, 2.05) is 6.08 Å². The first kappa shape index (κ1) is 17.8. The molecule has 2 aromatic rings. The molecule has 0 N–H and O–H groups in total. The zero-order valence-corrected chi connectivity index (χ0v) is 12.5. The van der Waals surface area contributed by atoms with Crippen molar-refractivity contribution in [1.29, 1.82) is 0 Å². The highest BCUT2D eigenvalue weighted by Gasteiger charge is 1.99. The van der Waals surface area contributed by atoms with E-state index in [0.29, 0.717) is 6.07 Å². The molecule has 116 valence electrons. The highest BCUT2D eigenvalue weighted by molar-refractivity contribution is 5.47. The van der Waals surface area contributed by atoms with E-state index < -0.39 is 17.5 Å². The van der Waals surface area contributed by atoms with Gasteiger partial charge in [-0.2, -0.15) is 0 Å². The molecule has 0 aliphatic heterocycles. The van der Waals surface area contributed by atoms with Gasteiger partial charge in [-0.3, -0.25) is 0 Å². The second kappa shape index (κ2) is 9.61. The number of rotatable bonds is 4. The molecule has 0 fully saturated rings. The molecule has 0 aromatic heterocycles. The summed E-state index contributed by atoms with van der Waals surface area (Å²) >= 11 is 0. The van der Waals surface area contributed by atoms with Crippen LogP contribution in [0.1, 0.15) is 24.5 Å². The third kappa shape index (κ3) is 6.44. The van der Waals surface area contributed by atoms with Crippen molar-refractivity contribution in [3.8, 4) is 0 Å². The highest BCUT2D eigenvalue weighted by atomic mass is 19.2. The molecule has 0 atom stereocenters. The average molecular weight is 304 g/mol. The van der Waals surface area contributed by atoms with Gasteiger partial charge in [-0.05, 0) is 43.0 Å². The van der Waals surface area contributed by atoms with Gasteiger partial charge in [-0.1, -0.05) is 49.1 Å². The summed E-state index contributed by atoms with van der Waals surface area (Å²) in [6, 6.07) is 10.6. The van der Waals surface area contributed by atoms with Gasteiger partial charge >= 0.3 is 0 Å². The minimum atomic E-state index is -1.16. The lowest BCUT2D eigenvalue weighted by atomic mass is 10.1. The topological polar surface area (TPSA) is 0 Å². The van der Waals surface area contributed by atoms with Crippen LogP contribution in [0.5, 0.6) is 0 Å². The van der Waals surface area contributed by atoms with Crippen molar-refractivity contribution in [3.05, 3.63) is 89.8 Å². The Morgan fingerprint density at radius 3 is 2.14 bits per heavy atom. The van der Waals surface area contributed by atoms with E-state index in [1.54, 1.807) is 0 Å². The van der Waals surface area contributed by atoms with Gasteiger partial charge in [0.2, 0.25) is 0 Å². The molecule has 0 amide bonds. The quantitative estimate of drug-likeness (QED) is 0.484. The van der Waals surface area contributed by atoms with Gasteiger partial charge < -0.3 is 0 Å². The van der Waals surface area contributed by atoms with Crippen LogP contribution in [-0.2, 0) is 6.42 Å². The Balaban J connectivity index is 0.000000235. The number of hydrogen-bond donors (Lipinski definition) is 0. The maximum absolute atomic E-state index is 12.0. The van der Waals surface area contributed by atoms with Crippen LogP contribution in [0, 0.1) is 17.5 Å². The Labute approximate surface area is 129 Å². The summed E-state index contributed by atoms with van der Waals surface area (Å²) in [5.74, 6) is -2.96. The van der Waals surface area contributed by atoms with Crippen molar-refractivity contribution < 1.29 is 13.2 Å². The van der Waals surface area contributed by atoms with Gasteiger partial charge in [0.1, 0.15) is 5.82 Å². The largest absolute Gasteiger partial charge is 0.207 e. The minimum absolute atomic E-state index is 0.495. The van der Waals surface area contributed by atoms with Crippen molar-refractivity contribution >= 4 is 6.08 Å². The predicted molar refractivity (Wildman–Crippen MR) is 86.0 cm³/mol. The Kier molecular flexibility index (Phi) is 7.76. The van der Waals surface area contributed by atoms with E-state index in [4.69, 9.17) is 0 Å². The summed E-state index contributed by atoms with van der Waals surface area (Å²) in [5, 5.41) is 0. The van der Waals surface area contributed by atoms with Gasteiger partial charge in [0, 0.05) is 6.07 Å². The fourth-order valence-corrected chi connectivity index (χ4v) is 1.71. The molecular weight excluding hydrogens is 285 g/mol. The molecule has 22 heavy (non-hydrogen) atoms. The zero-order valence-electron chi connectivity index (χ0n) is 12.5. The fourth-order valence-electron chi connectivity index (χ4n) is 1.71. The third-order valence-electron chi connectivity index (χ3n) is 2.93. The van der Waals surface area contributed by atoms with E-state index in [9.17, 15) is 13.2 Å². The molecule has 0 heterocycles. The standard InChI is InChI=1S/C13H16.C6H3F3/c1-3-5-6-7-13-10-8-12(4-2)9-11-13;7-4-1-2-5(8)6(9)3-4/h3-5,8-11H,2,6-7H2,1H3;1-3H/b5-3+;. The van der Waals surface area contributed by atoms with Crippen molar-refractivity contribution in [2.45, 2.75) is 19.8 Å². The number of benzene rings is 2. The van der Waals surface area contributed by atoms with Crippen LogP contribution in [0.4, 0.5) is 13.2 Å². The normalized spacial score (nSPS) is 10.2. The summed E-state index contributed by atoms with van der Waals surface area (Å²) < 4.78 is 35.9. The van der Waals surface area contributed by atoms with Crippen LogP contribution in [0.25, 0.3) is 6.08 Å². The molecule has 0 spiro atoms. The second-order valence-corrected chi connectivity index (χ2v) is 4.61. The smallest absolute Gasteiger partial charge is 0.161 e. The summed E-state index contributed by atoms with van der Waals surface area (Å²) in [6.45, 7) is 5.78. The van der Waals surface area contributed by atoms with E-state index in [-0.39, 0.29) is 0 Å². The molecule has 3 heteroatoms. The van der Waals surface area contributed by atoms with Gasteiger partial charge in [0.25, 0.3) is 0 Å². The Bertz CT molecular complexity index is 613. The molecule has 0 bridgehead atoms. The third-order valence-corrected chi connectivity index (χ3v) is 2.93. The van der Waals surface area contributed by atoms with Crippen LogP contribution in [0.3, 0.4) is 0 Å². The summed E-state index contributed by atoms with van der Waals surface area (Å²) in [5.41, 5.74) is 2.58. The Hall–Kier alpha value is -2.29. The lowest BCUT2D eigenvalue weighted by molar-refractivity contribution is 0.495. The molecule has 0 saturated heterocycles. The van der Waals surface area contributed by atoms with Crippen LogP contribution in [0.2, 0.25) is 0 Å². The highest BCUT2D eigenvalue weighted by Crippen LogP contribution is 2.08. The number of allylic oxidation sites excluding steroid dienone is 2. The molecule has 0 unspecified atom stereocenters. The van der Waals surface area contributed by atoms with Gasteiger partial charge in [0.05, 0.1) is 0 Å². The number of hydrogen-bond acceptors (Lipinski definition) is 0. The van der Waals surface area contributed by atoms with Crippen molar-refractivity contribution in [1.82, 2.24) is 0 Å². The molecule has 2 aromatic carbocycles. The van der Waals surface area contributed by atoms with E-state index >= 15 is 0 Å². The second-order valence-electron chi connectivity index (χ2n) is 4.61. The first-order valence-electron chi connectivity index (χ1n) is 7.00. The fraction of sp³-hybridized carbons (Fsp3) is 0.158. The van der Waals surface area contributed by atoms with E-state index in [2.05, 4.69) is 49.9 Å². The van der Waals surface area contributed by atoms with E-state index in [1.165, 1.54) is 11.1 Å².